The van der Waals surface area contributed by atoms with Crippen LogP contribution in [-0.2, 0) is 6.42 Å². The third-order valence-electron chi connectivity index (χ3n) is 5.28. The van der Waals surface area contributed by atoms with Crippen LogP contribution in [0.15, 0.2) is 35.9 Å². The topological polar surface area (TPSA) is 20.2 Å². The molecule has 0 amide bonds. The monoisotopic (exact) mass is 314 g/mol. The normalized spacial score (nSPS) is 18.2. The van der Waals surface area contributed by atoms with Crippen LogP contribution in [0.1, 0.15) is 88.2 Å². The average Bonchev–Trinajstić information content (AvgIpc) is 2.60. The van der Waals surface area contributed by atoms with Crippen molar-refractivity contribution in [3.8, 4) is 0 Å². The number of allylic oxidation sites excluding steroid dienone is 1. The van der Waals surface area contributed by atoms with Gasteiger partial charge in [-0.3, -0.25) is 0 Å². The first kappa shape index (κ1) is 18.3. The smallest absolute Gasteiger partial charge is 0.0615 e. The molecule has 0 saturated heterocycles. The summed E-state index contributed by atoms with van der Waals surface area (Å²) in [6.07, 6.45) is 16.3. The van der Waals surface area contributed by atoms with Crippen molar-refractivity contribution < 1.29 is 5.11 Å². The molecule has 0 spiro atoms. The average molecular weight is 315 g/mol. The molecule has 1 aromatic carbocycles. The molecule has 1 heteroatoms. The van der Waals surface area contributed by atoms with E-state index in [2.05, 4.69) is 31.2 Å². The van der Waals surface area contributed by atoms with Gasteiger partial charge in [-0.1, -0.05) is 74.9 Å². The fourth-order valence-electron chi connectivity index (χ4n) is 3.72. The van der Waals surface area contributed by atoms with Crippen molar-refractivity contribution in [3.63, 3.8) is 0 Å². The molecule has 1 fully saturated rings. The van der Waals surface area contributed by atoms with Gasteiger partial charge < -0.3 is 5.11 Å². The Labute approximate surface area is 142 Å². The van der Waals surface area contributed by atoms with Crippen LogP contribution in [0.4, 0.5) is 0 Å². The molecule has 2 rings (SSSR count). The van der Waals surface area contributed by atoms with E-state index < -0.39 is 0 Å². The lowest BCUT2D eigenvalue weighted by Gasteiger charge is -2.24. The molecule has 0 radical (unpaired) electrons. The minimum atomic E-state index is 0.202. The van der Waals surface area contributed by atoms with Crippen molar-refractivity contribution in [1.82, 2.24) is 0 Å². The Hall–Kier alpha value is -1.08. The first-order valence-electron chi connectivity index (χ1n) is 9.71. The van der Waals surface area contributed by atoms with Gasteiger partial charge in [0.25, 0.3) is 0 Å². The van der Waals surface area contributed by atoms with Gasteiger partial charge in [-0.15, -0.1) is 0 Å². The highest BCUT2D eigenvalue weighted by molar-refractivity contribution is 5.27. The maximum absolute atomic E-state index is 8.99. The number of unbranched alkanes of at least 4 members (excludes halogenated alkanes) is 5. The van der Waals surface area contributed by atoms with Gasteiger partial charge in [0.15, 0.2) is 0 Å². The Morgan fingerprint density at radius 3 is 2.26 bits per heavy atom. The molecule has 1 aliphatic rings. The fourth-order valence-corrected chi connectivity index (χ4v) is 3.72. The summed E-state index contributed by atoms with van der Waals surface area (Å²) >= 11 is 0. The summed E-state index contributed by atoms with van der Waals surface area (Å²) in [5, 5.41) is 8.99. The van der Waals surface area contributed by atoms with E-state index in [0.717, 1.165) is 12.8 Å². The van der Waals surface area contributed by atoms with E-state index in [0.29, 0.717) is 5.92 Å². The van der Waals surface area contributed by atoms with Crippen molar-refractivity contribution in [2.24, 2.45) is 0 Å². The molecule has 0 aromatic heterocycles. The van der Waals surface area contributed by atoms with Gasteiger partial charge in [0.05, 0.1) is 6.61 Å². The van der Waals surface area contributed by atoms with Crippen LogP contribution in [0.25, 0.3) is 0 Å². The molecule has 1 aromatic rings. The van der Waals surface area contributed by atoms with Crippen LogP contribution in [0, 0.1) is 0 Å². The largest absolute Gasteiger partial charge is 0.392 e. The van der Waals surface area contributed by atoms with Crippen LogP contribution in [-0.4, -0.2) is 11.7 Å². The first-order valence-corrected chi connectivity index (χ1v) is 9.71. The van der Waals surface area contributed by atoms with E-state index >= 15 is 0 Å². The van der Waals surface area contributed by atoms with E-state index in [1.165, 1.54) is 74.5 Å². The number of aliphatic hydroxyl groups excluding tert-OH is 1. The zero-order chi connectivity index (χ0) is 16.3. The maximum atomic E-state index is 8.99. The van der Waals surface area contributed by atoms with Crippen LogP contribution < -0.4 is 0 Å². The Balaban J connectivity index is 1.71. The summed E-state index contributed by atoms with van der Waals surface area (Å²) in [6.45, 7) is 2.48. The van der Waals surface area contributed by atoms with Crippen LogP contribution >= 0.6 is 0 Å². The number of hydrogen-bond donors (Lipinski definition) is 1. The number of benzene rings is 1. The number of aryl methyl sites for hydroxylation is 1. The van der Waals surface area contributed by atoms with Gasteiger partial charge in [0.2, 0.25) is 0 Å². The summed E-state index contributed by atoms with van der Waals surface area (Å²) in [5.74, 6) is 0.717. The third kappa shape index (κ3) is 6.51. The molecule has 0 unspecified atom stereocenters. The SMILES string of the molecule is CCCCCCCCc1ccc(C2CCC(=CCO)CC2)cc1. The van der Waals surface area contributed by atoms with E-state index in [9.17, 15) is 0 Å². The van der Waals surface area contributed by atoms with Crippen molar-refractivity contribution >= 4 is 0 Å². The maximum Gasteiger partial charge on any atom is 0.0615 e. The van der Waals surface area contributed by atoms with E-state index in [1.54, 1.807) is 0 Å². The molecule has 0 bridgehead atoms. The van der Waals surface area contributed by atoms with Gasteiger partial charge in [-0.05, 0) is 55.6 Å². The minimum Gasteiger partial charge on any atom is -0.392 e. The molecule has 0 aliphatic heterocycles. The third-order valence-corrected chi connectivity index (χ3v) is 5.28. The molecular weight excluding hydrogens is 280 g/mol. The molecule has 128 valence electrons. The molecular formula is C22H34O. The van der Waals surface area contributed by atoms with Crippen LogP contribution in [0.2, 0.25) is 0 Å². The van der Waals surface area contributed by atoms with E-state index in [-0.39, 0.29) is 6.61 Å². The molecule has 1 aliphatic carbocycles. The summed E-state index contributed by atoms with van der Waals surface area (Å²) < 4.78 is 0. The molecule has 0 heterocycles. The van der Waals surface area contributed by atoms with Gasteiger partial charge in [0, 0.05) is 0 Å². The second-order valence-electron chi connectivity index (χ2n) is 7.08. The van der Waals surface area contributed by atoms with Crippen LogP contribution in [0.3, 0.4) is 0 Å². The predicted octanol–water partition coefficient (Wildman–Crippen LogP) is 6.17. The van der Waals surface area contributed by atoms with Gasteiger partial charge in [0.1, 0.15) is 0 Å². The van der Waals surface area contributed by atoms with Crippen molar-refractivity contribution in [1.29, 1.82) is 0 Å². The minimum absolute atomic E-state index is 0.202. The molecule has 23 heavy (non-hydrogen) atoms. The number of rotatable bonds is 9. The molecule has 1 nitrogen and oxygen atoms in total. The summed E-state index contributed by atoms with van der Waals surface area (Å²) in [7, 11) is 0. The number of hydrogen-bond acceptors (Lipinski definition) is 1. The lowest BCUT2D eigenvalue weighted by atomic mass is 9.81. The Morgan fingerprint density at radius 1 is 0.957 bits per heavy atom. The predicted molar refractivity (Wildman–Crippen MR) is 99.9 cm³/mol. The van der Waals surface area contributed by atoms with E-state index in [1.807, 2.05) is 6.08 Å². The summed E-state index contributed by atoms with van der Waals surface area (Å²) in [6, 6.07) is 9.41. The van der Waals surface area contributed by atoms with Crippen molar-refractivity contribution in [2.45, 2.75) is 83.5 Å². The second kappa shape index (κ2) is 10.6. The Morgan fingerprint density at radius 2 is 1.61 bits per heavy atom. The van der Waals surface area contributed by atoms with Crippen LogP contribution in [0.5, 0.6) is 0 Å². The van der Waals surface area contributed by atoms with Gasteiger partial charge >= 0.3 is 0 Å². The fraction of sp³-hybridized carbons (Fsp3) is 0.636. The Kier molecular flexibility index (Phi) is 8.46. The summed E-state index contributed by atoms with van der Waals surface area (Å²) in [4.78, 5) is 0. The van der Waals surface area contributed by atoms with Crippen molar-refractivity contribution in [2.75, 3.05) is 6.61 Å². The highest BCUT2D eigenvalue weighted by Gasteiger charge is 2.17. The first-order chi connectivity index (χ1) is 11.3. The lowest BCUT2D eigenvalue weighted by molar-refractivity contribution is 0.340. The summed E-state index contributed by atoms with van der Waals surface area (Å²) in [5.41, 5.74) is 4.46. The quantitative estimate of drug-likeness (QED) is 0.427. The molecule has 1 saturated carbocycles. The number of aliphatic hydroxyl groups is 1. The van der Waals surface area contributed by atoms with Crippen molar-refractivity contribution in [3.05, 3.63) is 47.0 Å². The molecule has 1 N–H and O–H groups in total. The van der Waals surface area contributed by atoms with Gasteiger partial charge in [-0.25, -0.2) is 0 Å². The van der Waals surface area contributed by atoms with Gasteiger partial charge in [-0.2, -0.15) is 0 Å². The molecule has 0 atom stereocenters. The Bertz CT molecular complexity index is 447. The zero-order valence-electron chi connectivity index (χ0n) is 14.9. The second-order valence-corrected chi connectivity index (χ2v) is 7.08. The lowest BCUT2D eigenvalue weighted by Crippen LogP contribution is -2.07. The zero-order valence-corrected chi connectivity index (χ0v) is 14.9. The standard InChI is InChI=1S/C22H34O/c1-2-3-4-5-6-7-8-19-9-13-21(14-10-19)22-15-11-20(12-16-22)17-18-23/h9-10,13-14,17,22-23H,2-8,11-12,15-16,18H2,1H3. The van der Waals surface area contributed by atoms with E-state index in [4.69, 9.17) is 5.11 Å². The highest BCUT2D eigenvalue weighted by Crippen LogP contribution is 2.35. The highest BCUT2D eigenvalue weighted by atomic mass is 16.2.